The number of sulfonamides is 1. The highest BCUT2D eigenvalue weighted by Gasteiger charge is 2.20. The van der Waals surface area contributed by atoms with Gasteiger partial charge in [0.2, 0.25) is 10.0 Å². The first-order chi connectivity index (χ1) is 9.86. The first-order valence-corrected chi connectivity index (χ1v) is 8.80. The van der Waals surface area contributed by atoms with Gasteiger partial charge < -0.3 is 10.2 Å². The number of nitrogens with one attached hydrogen (secondary N) is 2. The fourth-order valence-corrected chi connectivity index (χ4v) is 3.53. The molecule has 0 aliphatic heterocycles. The number of hydrogen-bond donors (Lipinski definition) is 2. The third kappa shape index (κ3) is 6.13. The Balaban J connectivity index is 2.82. The van der Waals surface area contributed by atoms with Crippen molar-refractivity contribution in [1.82, 2.24) is 14.9 Å². The second-order valence-corrected chi connectivity index (χ2v) is 7.18. The van der Waals surface area contributed by atoms with Crippen LogP contribution in [-0.2, 0) is 16.6 Å². The molecule has 2 N–H and O–H groups in total. The number of benzene rings is 1. The summed E-state index contributed by atoms with van der Waals surface area (Å²) < 4.78 is 27.8. The van der Waals surface area contributed by atoms with Gasteiger partial charge in [-0.1, -0.05) is 25.1 Å². The topological polar surface area (TPSA) is 61.4 Å². The van der Waals surface area contributed by atoms with Crippen molar-refractivity contribution in [2.75, 3.05) is 27.2 Å². The van der Waals surface area contributed by atoms with Gasteiger partial charge in [0, 0.05) is 12.6 Å². The molecule has 0 aromatic heterocycles. The normalized spacial score (nSPS) is 13.6. The summed E-state index contributed by atoms with van der Waals surface area (Å²) in [5.41, 5.74) is 0.798. The van der Waals surface area contributed by atoms with E-state index in [0.29, 0.717) is 11.4 Å². The fraction of sp³-hybridized carbons (Fsp3) is 0.600. The average molecular weight is 313 g/mol. The van der Waals surface area contributed by atoms with Gasteiger partial charge in [0.15, 0.2) is 0 Å². The molecule has 0 aliphatic rings. The lowest BCUT2D eigenvalue weighted by molar-refractivity contribution is 0.379. The molecule has 0 aliphatic carbocycles. The molecule has 21 heavy (non-hydrogen) atoms. The highest BCUT2D eigenvalue weighted by molar-refractivity contribution is 7.89. The van der Waals surface area contributed by atoms with Gasteiger partial charge in [0.05, 0.1) is 4.90 Å². The molecular formula is C15H27N3O2S. The average Bonchev–Trinajstić information content (AvgIpc) is 2.42. The second kappa shape index (κ2) is 8.48. The smallest absolute Gasteiger partial charge is 0.241 e. The van der Waals surface area contributed by atoms with E-state index in [1.165, 1.54) is 0 Å². The summed E-state index contributed by atoms with van der Waals surface area (Å²) in [5, 5.41) is 3.17. The van der Waals surface area contributed by atoms with Crippen molar-refractivity contribution in [3.8, 4) is 0 Å². The molecule has 0 fully saturated rings. The van der Waals surface area contributed by atoms with Crippen LogP contribution in [0.15, 0.2) is 29.2 Å². The maximum absolute atomic E-state index is 12.5. The molecule has 1 aromatic carbocycles. The third-order valence-electron chi connectivity index (χ3n) is 3.19. The van der Waals surface area contributed by atoms with Crippen molar-refractivity contribution >= 4 is 10.0 Å². The molecule has 1 atom stereocenters. The zero-order chi connectivity index (χ0) is 15.9. The summed E-state index contributed by atoms with van der Waals surface area (Å²) in [4.78, 5) is 2.41. The van der Waals surface area contributed by atoms with Gasteiger partial charge in [-0.25, -0.2) is 13.1 Å². The van der Waals surface area contributed by atoms with E-state index in [-0.39, 0.29) is 6.04 Å². The number of nitrogens with zero attached hydrogens (tertiary/aromatic N) is 1. The second-order valence-electron chi connectivity index (χ2n) is 5.50. The summed E-state index contributed by atoms with van der Waals surface area (Å²) in [6, 6.07) is 7.04. The molecular weight excluding hydrogens is 286 g/mol. The molecule has 1 aromatic rings. The third-order valence-corrected chi connectivity index (χ3v) is 4.88. The van der Waals surface area contributed by atoms with Crippen LogP contribution in [-0.4, -0.2) is 46.5 Å². The first-order valence-electron chi connectivity index (χ1n) is 7.32. The van der Waals surface area contributed by atoms with Crippen molar-refractivity contribution in [2.45, 2.75) is 37.8 Å². The molecule has 0 saturated carbocycles. The number of rotatable bonds is 9. The van der Waals surface area contributed by atoms with E-state index in [9.17, 15) is 8.42 Å². The lowest BCUT2D eigenvalue weighted by atomic mass is 10.2. The molecule has 5 nitrogen and oxygen atoms in total. The maximum atomic E-state index is 12.5. The first kappa shape index (κ1) is 18.1. The van der Waals surface area contributed by atoms with Crippen LogP contribution in [0.25, 0.3) is 0 Å². The Kier molecular flexibility index (Phi) is 7.31. The van der Waals surface area contributed by atoms with Crippen LogP contribution < -0.4 is 10.0 Å². The summed E-state index contributed by atoms with van der Waals surface area (Å²) in [6.45, 7) is 6.11. The number of hydrogen-bond acceptors (Lipinski definition) is 4. The molecule has 0 bridgehead atoms. The van der Waals surface area contributed by atoms with E-state index in [4.69, 9.17) is 0 Å². The Hall–Kier alpha value is -0.950. The van der Waals surface area contributed by atoms with Gasteiger partial charge in [-0.05, 0) is 52.2 Å². The Morgan fingerprint density at radius 1 is 1.24 bits per heavy atom. The van der Waals surface area contributed by atoms with E-state index >= 15 is 0 Å². The van der Waals surface area contributed by atoms with Gasteiger partial charge in [-0.15, -0.1) is 0 Å². The van der Waals surface area contributed by atoms with E-state index in [1.807, 2.05) is 45.0 Å². The standard InChI is InChI=1S/C15H27N3O2S/c1-5-16-12-14-8-6-7-9-15(14)21(19,20)17-13(2)10-11-18(3)4/h6-9,13,16-17H,5,10-12H2,1-4H3. The molecule has 120 valence electrons. The zero-order valence-corrected chi connectivity index (χ0v) is 14.2. The van der Waals surface area contributed by atoms with Gasteiger partial charge in [0.1, 0.15) is 0 Å². The minimum Gasteiger partial charge on any atom is -0.313 e. The SMILES string of the molecule is CCNCc1ccccc1S(=O)(=O)NC(C)CCN(C)C. The van der Waals surface area contributed by atoms with Gasteiger partial charge in [-0.3, -0.25) is 0 Å². The van der Waals surface area contributed by atoms with Crippen molar-refractivity contribution < 1.29 is 8.42 Å². The summed E-state index contributed by atoms with van der Waals surface area (Å²) >= 11 is 0. The van der Waals surface area contributed by atoms with Crippen LogP contribution in [0.4, 0.5) is 0 Å². The summed E-state index contributed by atoms with van der Waals surface area (Å²) in [6.07, 6.45) is 0.779. The molecule has 0 spiro atoms. The predicted molar refractivity (Wildman–Crippen MR) is 86.8 cm³/mol. The van der Waals surface area contributed by atoms with E-state index < -0.39 is 10.0 Å². The zero-order valence-electron chi connectivity index (χ0n) is 13.4. The summed E-state index contributed by atoms with van der Waals surface area (Å²) in [7, 11) is 0.481. The Morgan fingerprint density at radius 2 is 1.90 bits per heavy atom. The van der Waals surface area contributed by atoms with Crippen LogP contribution in [0.3, 0.4) is 0 Å². The highest BCUT2D eigenvalue weighted by atomic mass is 32.2. The minimum atomic E-state index is -3.48. The lowest BCUT2D eigenvalue weighted by Crippen LogP contribution is -2.35. The lowest BCUT2D eigenvalue weighted by Gasteiger charge is -2.18. The molecule has 1 unspecified atom stereocenters. The van der Waals surface area contributed by atoms with E-state index in [2.05, 4.69) is 10.0 Å². The van der Waals surface area contributed by atoms with Crippen LogP contribution in [0.2, 0.25) is 0 Å². The fourth-order valence-electron chi connectivity index (χ4n) is 2.01. The van der Waals surface area contributed by atoms with Gasteiger partial charge in [-0.2, -0.15) is 0 Å². The van der Waals surface area contributed by atoms with Crippen LogP contribution in [0, 0.1) is 0 Å². The van der Waals surface area contributed by atoms with E-state index in [1.54, 1.807) is 12.1 Å². The summed E-state index contributed by atoms with van der Waals surface area (Å²) in [5.74, 6) is 0. The van der Waals surface area contributed by atoms with Gasteiger partial charge >= 0.3 is 0 Å². The van der Waals surface area contributed by atoms with E-state index in [0.717, 1.165) is 25.1 Å². The molecule has 6 heteroatoms. The van der Waals surface area contributed by atoms with Crippen molar-refractivity contribution in [1.29, 1.82) is 0 Å². The van der Waals surface area contributed by atoms with Crippen LogP contribution >= 0.6 is 0 Å². The van der Waals surface area contributed by atoms with Crippen molar-refractivity contribution in [3.63, 3.8) is 0 Å². The highest BCUT2D eigenvalue weighted by Crippen LogP contribution is 2.16. The minimum absolute atomic E-state index is 0.0930. The maximum Gasteiger partial charge on any atom is 0.241 e. The molecule has 0 heterocycles. The molecule has 0 amide bonds. The predicted octanol–water partition coefficient (Wildman–Crippen LogP) is 1.41. The van der Waals surface area contributed by atoms with Crippen LogP contribution in [0.5, 0.6) is 0 Å². The molecule has 0 saturated heterocycles. The largest absolute Gasteiger partial charge is 0.313 e. The Bertz CT molecular complexity index is 529. The van der Waals surface area contributed by atoms with Crippen molar-refractivity contribution in [3.05, 3.63) is 29.8 Å². The molecule has 0 radical (unpaired) electrons. The Morgan fingerprint density at radius 3 is 2.52 bits per heavy atom. The van der Waals surface area contributed by atoms with Crippen LogP contribution in [0.1, 0.15) is 25.8 Å². The quantitative estimate of drug-likeness (QED) is 0.724. The monoisotopic (exact) mass is 313 g/mol. The Labute approximate surface area is 128 Å². The molecule has 1 rings (SSSR count). The van der Waals surface area contributed by atoms with Gasteiger partial charge in [0.25, 0.3) is 0 Å². The van der Waals surface area contributed by atoms with Crippen molar-refractivity contribution in [2.24, 2.45) is 0 Å².